The van der Waals surface area contributed by atoms with E-state index in [1.165, 1.54) is 39.0 Å². The summed E-state index contributed by atoms with van der Waals surface area (Å²) in [6, 6.07) is 0. The van der Waals surface area contributed by atoms with Crippen molar-refractivity contribution in [2.75, 3.05) is 26.2 Å². The zero-order chi connectivity index (χ0) is 6.66. The van der Waals surface area contributed by atoms with E-state index in [-0.39, 0.29) is 24.8 Å². The van der Waals surface area contributed by atoms with Crippen molar-refractivity contribution in [1.29, 1.82) is 0 Å². The van der Waals surface area contributed by atoms with Crippen LogP contribution < -0.4 is 10.6 Å². The van der Waals surface area contributed by atoms with Gasteiger partial charge in [0.2, 0.25) is 0 Å². The van der Waals surface area contributed by atoms with Crippen molar-refractivity contribution in [2.45, 2.75) is 12.8 Å². The molecule has 3 fully saturated rings. The van der Waals surface area contributed by atoms with Crippen molar-refractivity contribution in [3.05, 3.63) is 0 Å². The van der Waals surface area contributed by atoms with Gasteiger partial charge in [0.05, 0.1) is 0 Å². The van der Waals surface area contributed by atoms with Crippen LogP contribution in [0.2, 0.25) is 0 Å². The topological polar surface area (TPSA) is 24.1 Å². The molecule has 2 N–H and O–H groups in total. The Hall–Kier alpha value is 0.500. The Bertz CT molecular complexity index is 156. The summed E-state index contributed by atoms with van der Waals surface area (Å²) in [7, 11) is 0. The zero-order valence-electron chi connectivity index (χ0n) is 7.06. The number of hydrogen-bond acceptors (Lipinski definition) is 2. The van der Waals surface area contributed by atoms with E-state index in [0.29, 0.717) is 10.8 Å². The van der Waals surface area contributed by atoms with Gasteiger partial charge in [0, 0.05) is 37.0 Å². The average Bonchev–Trinajstić information content (AvgIpc) is 2.16. The molecular weight excluding hydrogens is 195 g/mol. The molecule has 0 bridgehead atoms. The first-order valence-corrected chi connectivity index (χ1v) is 4.29. The third-order valence-corrected chi connectivity index (χ3v) is 4.06. The molecule has 0 atom stereocenters. The van der Waals surface area contributed by atoms with E-state index < -0.39 is 0 Å². The monoisotopic (exact) mass is 210 g/mol. The number of hydrogen-bond donors (Lipinski definition) is 2. The van der Waals surface area contributed by atoms with E-state index in [9.17, 15) is 0 Å². The minimum atomic E-state index is 0. The van der Waals surface area contributed by atoms with Gasteiger partial charge < -0.3 is 10.6 Å². The molecule has 4 heteroatoms. The lowest BCUT2D eigenvalue weighted by molar-refractivity contribution is 0.0255. The van der Waals surface area contributed by atoms with Crippen LogP contribution in [0.5, 0.6) is 0 Å². The highest BCUT2D eigenvalue weighted by Gasteiger charge is 2.63. The van der Waals surface area contributed by atoms with Gasteiger partial charge in [-0.15, -0.1) is 24.8 Å². The third kappa shape index (κ3) is 0.897. The van der Waals surface area contributed by atoms with E-state index in [4.69, 9.17) is 0 Å². The van der Waals surface area contributed by atoms with Crippen molar-refractivity contribution in [3.63, 3.8) is 0 Å². The van der Waals surface area contributed by atoms with E-state index >= 15 is 0 Å². The van der Waals surface area contributed by atoms with Crippen LogP contribution in [-0.2, 0) is 0 Å². The summed E-state index contributed by atoms with van der Waals surface area (Å²) in [5.74, 6) is 0. The van der Waals surface area contributed by atoms with Gasteiger partial charge in [-0.3, -0.25) is 0 Å². The second-order valence-electron chi connectivity index (χ2n) is 4.27. The molecule has 2 aliphatic heterocycles. The molecule has 0 spiro atoms. The maximum Gasteiger partial charge on any atom is 0.00333 e. The Morgan fingerprint density at radius 3 is 1.25 bits per heavy atom. The molecule has 0 amide bonds. The van der Waals surface area contributed by atoms with Crippen LogP contribution in [0.1, 0.15) is 12.8 Å². The van der Waals surface area contributed by atoms with Gasteiger partial charge >= 0.3 is 0 Å². The molecule has 2 heterocycles. The lowest BCUT2D eigenvalue weighted by atomic mass is 9.53. The molecule has 2 nitrogen and oxygen atoms in total. The van der Waals surface area contributed by atoms with E-state index in [0.717, 1.165) is 0 Å². The van der Waals surface area contributed by atoms with Crippen LogP contribution in [-0.4, -0.2) is 26.2 Å². The molecule has 0 aromatic heterocycles. The molecule has 1 aliphatic carbocycles. The van der Waals surface area contributed by atoms with Gasteiger partial charge in [-0.05, 0) is 12.8 Å². The van der Waals surface area contributed by atoms with Crippen molar-refractivity contribution in [3.8, 4) is 0 Å². The molecule has 12 heavy (non-hydrogen) atoms. The van der Waals surface area contributed by atoms with Gasteiger partial charge in [-0.2, -0.15) is 0 Å². The van der Waals surface area contributed by atoms with Gasteiger partial charge in [0.15, 0.2) is 0 Å². The first kappa shape index (κ1) is 10.6. The van der Waals surface area contributed by atoms with Crippen LogP contribution in [0, 0.1) is 10.8 Å². The summed E-state index contributed by atoms with van der Waals surface area (Å²) in [4.78, 5) is 0. The highest BCUT2D eigenvalue weighted by atomic mass is 35.5. The molecule has 0 unspecified atom stereocenters. The molecule has 0 aromatic rings. The van der Waals surface area contributed by atoms with Crippen LogP contribution in [0.4, 0.5) is 0 Å². The summed E-state index contributed by atoms with van der Waals surface area (Å²) in [5, 5.41) is 7.06. The summed E-state index contributed by atoms with van der Waals surface area (Å²) < 4.78 is 0. The maximum atomic E-state index is 3.53. The third-order valence-electron chi connectivity index (χ3n) is 4.06. The predicted octanol–water partition coefficient (Wildman–Crippen LogP) is 0.803. The van der Waals surface area contributed by atoms with E-state index in [2.05, 4.69) is 10.6 Å². The summed E-state index contributed by atoms with van der Waals surface area (Å²) >= 11 is 0. The molecule has 1 saturated carbocycles. The fourth-order valence-electron chi connectivity index (χ4n) is 3.14. The second kappa shape index (κ2) is 3.02. The molecule has 0 aromatic carbocycles. The van der Waals surface area contributed by atoms with Crippen molar-refractivity contribution >= 4 is 24.8 Å². The predicted molar refractivity (Wildman–Crippen MR) is 54.3 cm³/mol. The molecule has 2 saturated heterocycles. The zero-order valence-corrected chi connectivity index (χ0v) is 8.69. The highest BCUT2D eigenvalue weighted by Crippen LogP contribution is 2.60. The number of nitrogens with one attached hydrogen (secondary N) is 2. The molecular formula is C8H16Cl2N2. The number of rotatable bonds is 0. The van der Waals surface area contributed by atoms with Gasteiger partial charge in [0.25, 0.3) is 0 Å². The van der Waals surface area contributed by atoms with Crippen LogP contribution in [0.25, 0.3) is 0 Å². The summed E-state index contributed by atoms with van der Waals surface area (Å²) in [6.07, 6.45) is 2.93. The fourth-order valence-corrected chi connectivity index (χ4v) is 3.14. The fraction of sp³-hybridized carbons (Fsp3) is 1.00. The summed E-state index contributed by atoms with van der Waals surface area (Å²) in [5.41, 5.74) is 1.40. The maximum absolute atomic E-state index is 3.53. The Morgan fingerprint density at radius 1 is 0.667 bits per heavy atom. The van der Waals surface area contributed by atoms with E-state index in [1.54, 1.807) is 0 Å². The quantitative estimate of drug-likeness (QED) is 0.619. The average molecular weight is 211 g/mol. The van der Waals surface area contributed by atoms with Crippen molar-refractivity contribution in [2.24, 2.45) is 10.8 Å². The number of halogens is 2. The van der Waals surface area contributed by atoms with Gasteiger partial charge in [-0.25, -0.2) is 0 Å². The Labute approximate surface area is 85.7 Å². The minimum absolute atomic E-state index is 0. The van der Waals surface area contributed by atoms with Crippen molar-refractivity contribution in [1.82, 2.24) is 10.6 Å². The van der Waals surface area contributed by atoms with Crippen LogP contribution >= 0.6 is 24.8 Å². The van der Waals surface area contributed by atoms with Crippen LogP contribution in [0.3, 0.4) is 0 Å². The van der Waals surface area contributed by atoms with Crippen molar-refractivity contribution < 1.29 is 0 Å². The summed E-state index contributed by atoms with van der Waals surface area (Å²) in [6.45, 7) is 5.11. The normalized spacial score (nSPS) is 48.0. The van der Waals surface area contributed by atoms with Gasteiger partial charge in [0.1, 0.15) is 0 Å². The van der Waals surface area contributed by atoms with E-state index in [1.807, 2.05) is 0 Å². The van der Waals surface area contributed by atoms with Crippen LogP contribution in [0.15, 0.2) is 0 Å². The lowest BCUT2D eigenvalue weighted by Crippen LogP contribution is -2.49. The SMILES string of the molecule is C1CC23CNCC12CNC3.Cl.Cl. The smallest absolute Gasteiger partial charge is 0.00333 e. The Kier molecular flexibility index (Phi) is 2.66. The Balaban J connectivity index is 0.000000360. The van der Waals surface area contributed by atoms with Gasteiger partial charge in [-0.1, -0.05) is 0 Å². The Morgan fingerprint density at radius 2 is 1.00 bits per heavy atom. The first-order valence-electron chi connectivity index (χ1n) is 4.29. The second-order valence-corrected chi connectivity index (χ2v) is 4.27. The molecule has 3 aliphatic rings. The molecule has 3 rings (SSSR count). The molecule has 0 radical (unpaired) electrons. The standard InChI is InChI=1S/C8H14N2.2ClH/c1-2-8-5-9-3-7(1,8)4-10-6-8;;/h9-10H,1-6H2;2*1H. The first-order chi connectivity index (χ1) is 4.87. The molecule has 72 valence electrons. The highest BCUT2D eigenvalue weighted by molar-refractivity contribution is 5.85. The lowest BCUT2D eigenvalue weighted by Gasteiger charge is -2.49. The minimum Gasteiger partial charge on any atom is -0.315 e. The largest absolute Gasteiger partial charge is 0.315 e.